The molecule has 0 aromatic heterocycles. The van der Waals surface area contributed by atoms with Crippen molar-refractivity contribution in [2.75, 3.05) is 0 Å². The molecule has 3 rings (SSSR count). The molecule has 0 amide bonds. The largest absolute Gasteiger partial charge is 0.0829 e. The van der Waals surface area contributed by atoms with E-state index in [4.69, 9.17) is 0 Å². The van der Waals surface area contributed by atoms with Gasteiger partial charge in [-0.05, 0) is 49.0 Å². The Labute approximate surface area is 117 Å². The van der Waals surface area contributed by atoms with E-state index in [0.717, 1.165) is 0 Å². The SMILES string of the molecule is C/C=C1\C(=C/C)c2ccccc2C12CCCCCC2. The van der Waals surface area contributed by atoms with E-state index in [1.165, 1.54) is 49.7 Å². The fraction of sp³-hybridized carbons (Fsp3) is 0.474. The van der Waals surface area contributed by atoms with E-state index >= 15 is 0 Å². The lowest BCUT2D eigenvalue weighted by atomic mass is 9.72. The van der Waals surface area contributed by atoms with E-state index in [2.05, 4.69) is 50.3 Å². The highest BCUT2D eigenvalue weighted by Crippen LogP contribution is 2.55. The Morgan fingerprint density at radius 3 is 2.21 bits per heavy atom. The Hall–Kier alpha value is -1.30. The van der Waals surface area contributed by atoms with Gasteiger partial charge in [0.15, 0.2) is 0 Å². The lowest BCUT2D eigenvalue weighted by Gasteiger charge is -2.31. The molecule has 0 nitrogen and oxygen atoms in total. The van der Waals surface area contributed by atoms with Crippen LogP contribution in [0.5, 0.6) is 0 Å². The lowest BCUT2D eigenvalue weighted by Crippen LogP contribution is -2.24. The molecule has 0 atom stereocenters. The maximum Gasteiger partial charge on any atom is 0.0211 e. The molecule has 0 saturated heterocycles. The summed E-state index contributed by atoms with van der Waals surface area (Å²) in [6.07, 6.45) is 12.9. The van der Waals surface area contributed by atoms with Gasteiger partial charge in [-0.2, -0.15) is 0 Å². The number of allylic oxidation sites excluding steroid dienone is 4. The van der Waals surface area contributed by atoms with Crippen molar-refractivity contribution in [1.82, 2.24) is 0 Å². The highest BCUT2D eigenvalue weighted by Gasteiger charge is 2.44. The third-order valence-electron chi connectivity index (χ3n) is 5.07. The van der Waals surface area contributed by atoms with Crippen molar-refractivity contribution in [3.8, 4) is 0 Å². The molecule has 0 bridgehead atoms. The van der Waals surface area contributed by atoms with Crippen molar-refractivity contribution in [2.24, 2.45) is 0 Å². The second kappa shape index (κ2) is 5.00. The molecule has 0 radical (unpaired) electrons. The summed E-state index contributed by atoms with van der Waals surface area (Å²) in [5, 5.41) is 0. The molecule has 0 unspecified atom stereocenters. The van der Waals surface area contributed by atoms with Crippen LogP contribution in [0.1, 0.15) is 63.5 Å². The molecule has 0 N–H and O–H groups in total. The van der Waals surface area contributed by atoms with Crippen molar-refractivity contribution < 1.29 is 0 Å². The Morgan fingerprint density at radius 1 is 0.895 bits per heavy atom. The van der Waals surface area contributed by atoms with E-state index in [1.54, 1.807) is 11.1 Å². The van der Waals surface area contributed by atoms with Crippen LogP contribution in [-0.4, -0.2) is 0 Å². The van der Waals surface area contributed by atoms with Gasteiger partial charge in [0.25, 0.3) is 0 Å². The summed E-state index contributed by atoms with van der Waals surface area (Å²) in [5.41, 5.74) is 6.49. The van der Waals surface area contributed by atoms with Crippen LogP contribution in [0.3, 0.4) is 0 Å². The Balaban J connectivity index is 2.22. The minimum Gasteiger partial charge on any atom is -0.0829 e. The average Bonchev–Trinajstić information content (AvgIpc) is 2.59. The van der Waals surface area contributed by atoms with E-state index in [0.29, 0.717) is 5.41 Å². The zero-order valence-corrected chi connectivity index (χ0v) is 12.2. The van der Waals surface area contributed by atoms with Crippen LogP contribution in [-0.2, 0) is 5.41 Å². The number of benzene rings is 1. The van der Waals surface area contributed by atoms with Crippen LogP contribution in [0.4, 0.5) is 0 Å². The first kappa shape index (κ1) is 12.7. The monoisotopic (exact) mass is 252 g/mol. The van der Waals surface area contributed by atoms with E-state index < -0.39 is 0 Å². The standard InChI is InChI=1S/C19H24/c1-3-15-16-11-7-8-12-18(16)19(17(15)4-2)13-9-5-6-10-14-19/h3-4,7-8,11-12H,5-6,9-10,13-14H2,1-2H3/b15-3-,17-4+. The summed E-state index contributed by atoms with van der Waals surface area (Å²) in [7, 11) is 0. The number of hydrogen-bond donors (Lipinski definition) is 0. The highest BCUT2D eigenvalue weighted by atomic mass is 14.5. The molecule has 0 aliphatic heterocycles. The maximum absolute atomic E-state index is 2.38. The molecule has 100 valence electrons. The van der Waals surface area contributed by atoms with Gasteiger partial charge >= 0.3 is 0 Å². The Bertz CT molecular complexity index is 523. The van der Waals surface area contributed by atoms with E-state index in [-0.39, 0.29) is 0 Å². The molecule has 2 aliphatic rings. The molecule has 1 aromatic carbocycles. The Morgan fingerprint density at radius 2 is 1.58 bits per heavy atom. The van der Waals surface area contributed by atoms with Crippen molar-refractivity contribution in [3.05, 3.63) is 53.1 Å². The zero-order chi connectivity index (χ0) is 13.3. The summed E-state index contributed by atoms with van der Waals surface area (Å²) < 4.78 is 0. The molecule has 1 aromatic rings. The van der Waals surface area contributed by atoms with Crippen LogP contribution in [0.15, 0.2) is 42.0 Å². The minimum atomic E-state index is 0.323. The topological polar surface area (TPSA) is 0 Å². The predicted molar refractivity (Wildman–Crippen MR) is 83.2 cm³/mol. The molecular weight excluding hydrogens is 228 g/mol. The van der Waals surface area contributed by atoms with Crippen molar-refractivity contribution in [1.29, 1.82) is 0 Å². The molecule has 1 saturated carbocycles. The van der Waals surface area contributed by atoms with Crippen molar-refractivity contribution in [3.63, 3.8) is 0 Å². The quantitative estimate of drug-likeness (QED) is 0.560. The molecule has 0 heteroatoms. The first-order valence-corrected chi connectivity index (χ1v) is 7.77. The van der Waals surface area contributed by atoms with Crippen LogP contribution < -0.4 is 0 Å². The summed E-state index contributed by atoms with van der Waals surface area (Å²) in [6, 6.07) is 9.09. The Kier molecular flexibility index (Phi) is 3.35. The van der Waals surface area contributed by atoms with Gasteiger partial charge < -0.3 is 0 Å². The van der Waals surface area contributed by atoms with Crippen molar-refractivity contribution >= 4 is 5.57 Å². The first-order chi connectivity index (χ1) is 9.33. The molecule has 0 heterocycles. The van der Waals surface area contributed by atoms with Gasteiger partial charge in [0.1, 0.15) is 0 Å². The average molecular weight is 252 g/mol. The fourth-order valence-corrected chi connectivity index (χ4v) is 4.30. The third-order valence-corrected chi connectivity index (χ3v) is 5.07. The number of rotatable bonds is 0. The molecule has 1 spiro atoms. The number of fused-ring (bicyclic) bond motifs is 2. The van der Waals surface area contributed by atoms with Gasteiger partial charge in [0, 0.05) is 5.41 Å². The third kappa shape index (κ3) is 1.81. The summed E-state index contributed by atoms with van der Waals surface area (Å²) in [6.45, 7) is 4.41. The van der Waals surface area contributed by atoms with Crippen LogP contribution >= 0.6 is 0 Å². The normalized spacial score (nSPS) is 25.8. The van der Waals surface area contributed by atoms with E-state index in [1.807, 2.05) is 0 Å². The van der Waals surface area contributed by atoms with E-state index in [9.17, 15) is 0 Å². The summed E-state index contributed by atoms with van der Waals surface area (Å²) in [5.74, 6) is 0. The highest BCUT2D eigenvalue weighted by molar-refractivity contribution is 5.89. The van der Waals surface area contributed by atoms with Gasteiger partial charge in [0.2, 0.25) is 0 Å². The smallest absolute Gasteiger partial charge is 0.0211 e. The summed E-state index contributed by atoms with van der Waals surface area (Å²) >= 11 is 0. The van der Waals surface area contributed by atoms with Crippen LogP contribution in [0.2, 0.25) is 0 Å². The predicted octanol–water partition coefficient (Wildman–Crippen LogP) is 5.64. The second-order valence-corrected chi connectivity index (χ2v) is 5.95. The second-order valence-electron chi connectivity index (χ2n) is 5.95. The van der Waals surface area contributed by atoms with Gasteiger partial charge in [-0.15, -0.1) is 0 Å². The zero-order valence-electron chi connectivity index (χ0n) is 12.2. The molecule has 2 aliphatic carbocycles. The first-order valence-electron chi connectivity index (χ1n) is 7.77. The summed E-state index contributed by atoms with van der Waals surface area (Å²) in [4.78, 5) is 0. The number of hydrogen-bond acceptors (Lipinski definition) is 0. The van der Waals surface area contributed by atoms with Gasteiger partial charge in [0.05, 0.1) is 0 Å². The lowest BCUT2D eigenvalue weighted by molar-refractivity contribution is 0.456. The fourth-order valence-electron chi connectivity index (χ4n) is 4.30. The molecule has 19 heavy (non-hydrogen) atoms. The van der Waals surface area contributed by atoms with Crippen LogP contribution in [0.25, 0.3) is 5.57 Å². The molecular formula is C19H24. The van der Waals surface area contributed by atoms with Gasteiger partial charge in [-0.25, -0.2) is 0 Å². The van der Waals surface area contributed by atoms with Gasteiger partial charge in [-0.1, -0.05) is 62.1 Å². The molecule has 1 fully saturated rings. The van der Waals surface area contributed by atoms with Crippen molar-refractivity contribution in [2.45, 2.75) is 57.8 Å². The van der Waals surface area contributed by atoms with Crippen LogP contribution in [0, 0.1) is 0 Å². The maximum atomic E-state index is 2.38. The minimum absolute atomic E-state index is 0.323. The van der Waals surface area contributed by atoms with Gasteiger partial charge in [-0.3, -0.25) is 0 Å².